The van der Waals surface area contributed by atoms with Crippen molar-refractivity contribution in [3.63, 3.8) is 0 Å². The first-order valence-corrected chi connectivity index (χ1v) is 4.71. The Kier molecular flexibility index (Phi) is 2.19. The lowest BCUT2D eigenvalue weighted by atomic mass is 9.87. The van der Waals surface area contributed by atoms with Crippen LogP contribution in [0.3, 0.4) is 0 Å². The van der Waals surface area contributed by atoms with Gasteiger partial charge in [0.15, 0.2) is 0 Å². The average molecular weight is 184 g/mol. The first kappa shape index (κ1) is 10.5. The Morgan fingerprint density at radius 3 is 2.00 bits per heavy atom. The Hall–Kier alpha value is -0.570. The van der Waals surface area contributed by atoms with Gasteiger partial charge in [-0.25, -0.2) is 0 Å². The van der Waals surface area contributed by atoms with Crippen LogP contribution in [0.5, 0.6) is 0 Å². The van der Waals surface area contributed by atoms with E-state index in [0.29, 0.717) is 0 Å². The van der Waals surface area contributed by atoms with Gasteiger partial charge in [-0.1, -0.05) is 20.8 Å². The van der Waals surface area contributed by atoms with Crippen molar-refractivity contribution in [1.29, 1.82) is 0 Å². The number of nitrogens with one attached hydrogen (secondary N) is 1. The lowest BCUT2D eigenvalue weighted by Gasteiger charge is -2.28. The van der Waals surface area contributed by atoms with Gasteiger partial charge in [0.2, 0.25) is 5.91 Å². The molecule has 0 aromatic carbocycles. The van der Waals surface area contributed by atoms with Crippen molar-refractivity contribution in [2.75, 3.05) is 7.05 Å². The van der Waals surface area contributed by atoms with Gasteiger partial charge in [0.1, 0.15) is 0 Å². The summed E-state index contributed by atoms with van der Waals surface area (Å²) in [6.45, 7) is 10.3. The van der Waals surface area contributed by atoms with Gasteiger partial charge in [-0.15, -0.1) is 0 Å². The van der Waals surface area contributed by atoms with E-state index < -0.39 is 0 Å². The van der Waals surface area contributed by atoms with Gasteiger partial charge in [-0.05, 0) is 19.3 Å². The van der Waals surface area contributed by atoms with Crippen molar-refractivity contribution < 1.29 is 4.79 Å². The molecule has 0 aromatic heterocycles. The Labute approximate surface area is 80.5 Å². The highest BCUT2D eigenvalue weighted by molar-refractivity contribution is 5.85. The lowest BCUT2D eigenvalue weighted by Crippen LogP contribution is -2.47. The molecule has 1 heterocycles. The molecule has 76 valence electrons. The van der Waals surface area contributed by atoms with E-state index in [4.69, 9.17) is 0 Å². The Balaban J connectivity index is 2.91. The smallest absolute Gasteiger partial charge is 0.241 e. The lowest BCUT2D eigenvalue weighted by molar-refractivity contribution is -0.131. The van der Waals surface area contributed by atoms with Crippen LogP contribution in [-0.2, 0) is 4.79 Å². The van der Waals surface area contributed by atoms with Crippen molar-refractivity contribution in [2.24, 2.45) is 5.41 Å². The molecule has 13 heavy (non-hydrogen) atoms. The molecular weight excluding hydrogens is 164 g/mol. The Morgan fingerprint density at radius 1 is 1.38 bits per heavy atom. The molecule has 1 fully saturated rings. The van der Waals surface area contributed by atoms with Crippen LogP contribution in [0.15, 0.2) is 0 Å². The quantitative estimate of drug-likeness (QED) is 0.613. The van der Waals surface area contributed by atoms with E-state index >= 15 is 0 Å². The number of carbonyl (C=O) groups excluding carboxylic acids is 1. The molecule has 1 amide bonds. The van der Waals surface area contributed by atoms with Crippen LogP contribution in [-0.4, -0.2) is 29.6 Å². The van der Waals surface area contributed by atoms with Crippen molar-refractivity contribution in [2.45, 2.75) is 46.3 Å². The monoisotopic (exact) mass is 184 g/mol. The van der Waals surface area contributed by atoms with Crippen molar-refractivity contribution in [3.8, 4) is 0 Å². The van der Waals surface area contributed by atoms with Crippen LogP contribution in [0.1, 0.15) is 34.6 Å². The predicted molar refractivity (Wildman–Crippen MR) is 53.2 cm³/mol. The zero-order valence-corrected chi connectivity index (χ0v) is 9.43. The van der Waals surface area contributed by atoms with E-state index in [1.807, 2.05) is 20.9 Å². The molecule has 1 atom stereocenters. The van der Waals surface area contributed by atoms with Gasteiger partial charge in [0.25, 0.3) is 0 Å². The SMILES string of the molecule is CN1C(=O)[C@@H](C(C)(C)C)NC1(C)C. The van der Waals surface area contributed by atoms with Gasteiger partial charge in [0.05, 0.1) is 11.7 Å². The van der Waals surface area contributed by atoms with Crippen LogP contribution in [0, 0.1) is 5.41 Å². The minimum atomic E-state index is -0.213. The number of carbonyl (C=O) groups is 1. The number of rotatable bonds is 0. The summed E-state index contributed by atoms with van der Waals surface area (Å²) in [5.41, 5.74) is -0.228. The molecule has 0 aromatic rings. The van der Waals surface area contributed by atoms with Crippen molar-refractivity contribution in [3.05, 3.63) is 0 Å². The summed E-state index contributed by atoms with van der Waals surface area (Å²) >= 11 is 0. The molecule has 1 N–H and O–H groups in total. The second-order valence-corrected chi connectivity index (χ2v) is 5.40. The second kappa shape index (κ2) is 2.71. The standard InChI is InChI=1S/C10H20N2O/c1-9(2,3)7-8(13)12(6)10(4,5)11-7/h7,11H,1-6H3/t7-/m0/s1. The molecule has 1 saturated heterocycles. The van der Waals surface area contributed by atoms with E-state index in [1.54, 1.807) is 4.90 Å². The highest BCUT2D eigenvalue weighted by Crippen LogP contribution is 2.29. The second-order valence-electron chi connectivity index (χ2n) is 5.40. The summed E-state index contributed by atoms with van der Waals surface area (Å²) in [5, 5.41) is 3.35. The van der Waals surface area contributed by atoms with E-state index in [0.717, 1.165) is 0 Å². The van der Waals surface area contributed by atoms with E-state index in [9.17, 15) is 4.79 Å². The molecule has 1 rings (SSSR count). The summed E-state index contributed by atoms with van der Waals surface area (Å²) in [5.74, 6) is 0.192. The third kappa shape index (κ3) is 1.70. The fraction of sp³-hybridized carbons (Fsp3) is 0.900. The first-order valence-electron chi connectivity index (χ1n) is 4.71. The largest absolute Gasteiger partial charge is 0.327 e. The predicted octanol–water partition coefficient (Wildman–Crippen LogP) is 1.20. The van der Waals surface area contributed by atoms with Crippen molar-refractivity contribution >= 4 is 5.91 Å². The van der Waals surface area contributed by atoms with Crippen molar-refractivity contribution in [1.82, 2.24) is 10.2 Å². The molecule has 0 aliphatic carbocycles. The molecule has 0 radical (unpaired) electrons. The molecule has 3 heteroatoms. The van der Waals surface area contributed by atoms with Crippen LogP contribution < -0.4 is 5.32 Å². The maximum atomic E-state index is 11.8. The highest BCUT2D eigenvalue weighted by atomic mass is 16.2. The summed E-state index contributed by atoms with van der Waals surface area (Å²) in [4.78, 5) is 13.6. The Bertz CT molecular complexity index is 228. The molecule has 1 aliphatic rings. The third-order valence-corrected chi connectivity index (χ3v) is 2.78. The molecule has 1 aliphatic heterocycles. The molecular formula is C10H20N2O. The van der Waals surface area contributed by atoms with Crippen LogP contribution >= 0.6 is 0 Å². The maximum Gasteiger partial charge on any atom is 0.241 e. The Morgan fingerprint density at radius 2 is 1.85 bits per heavy atom. The van der Waals surface area contributed by atoms with Crippen LogP contribution in [0.25, 0.3) is 0 Å². The van der Waals surface area contributed by atoms with Crippen LogP contribution in [0.4, 0.5) is 0 Å². The summed E-state index contributed by atoms with van der Waals surface area (Å²) < 4.78 is 0. The fourth-order valence-corrected chi connectivity index (χ4v) is 1.57. The number of nitrogens with zero attached hydrogens (tertiary/aromatic N) is 1. The zero-order valence-electron chi connectivity index (χ0n) is 9.43. The number of likely N-dealkylation sites (N-methyl/N-ethyl adjacent to an activating group) is 1. The maximum absolute atomic E-state index is 11.8. The number of amides is 1. The van der Waals surface area contributed by atoms with Gasteiger partial charge in [-0.2, -0.15) is 0 Å². The molecule has 0 saturated carbocycles. The summed E-state index contributed by atoms with van der Waals surface area (Å²) in [7, 11) is 1.85. The number of hydrogen-bond acceptors (Lipinski definition) is 2. The van der Waals surface area contributed by atoms with Gasteiger partial charge >= 0.3 is 0 Å². The van der Waals surface area contributed by atoms with E-state index in [2.05, 4.69) is 26.1 Å². The van der Waals surface area contributed by atoms with Gasteiger partial charge in [0, 0.05) is 7.05 Å². The molecule has 3 nitrogen and oxygen atoms in total. The first-order chi connectivity index (χ1) is 5.66. The minimum Gasteiger partial charge on any atom is -0.327 e. The van der Waals surface area contributed by atoms with Gasteiger partial charge < -0.3 is 4.90 Å². The number of hydrogen-bond donors (Lipinski definition) is 1. The normalized spacial score (nSPS) is 28.3. The third-order valence-electron chi connectivity index (χ3n) is 2.78. The van der Waals surface area contributed by atoms with E-state index in [1.165, 1.54) is 0 Å². The average Bonchev–Trinajstić information content (AvgIpc) is 2.12. The van der Waals surface area contributed by atoms with Crippen LogP contribution in [0.2, 0.25) is 0 Å². The van der Waals surface area contributed by atoms with Gasteiger partial charge in [-0.3, -0.25) is 10.1 Å². The topological polar surface area (TPSA) is 32.3 Å². The minimum absolute atomic E-state index is 0.0148. The fourth-order valence-electron chi connectivity index (χ4n) is 1.57. The summed E-state index contributed by atoms with van der Waals surface area (Å²) in [6, 6.07) is -0.0625. The molecule has 0 unspecified atom stereocenters. The van der Waals surface area contributed by atoms with E-state index in [-0.39, 0.29) is 23.0 Å². The molecule has 0 spiro atoms. The zero-order chi connectivity index (χ0) is 10.4. The highest BCUT2D eigenvalue weighted by Gasteiger charge is 2.46. The summed E-state index contributed by atoms with van der Waals surface area (Å²) in [6.07, 6.45) is 0. The molecule has 0 bridgehead atoms.